The Morgan fingerprint density at radius 2 is 1.90 bits per heavy atom. The van der Waals surface area contributed by atoms with Crippen molar-refractivity contribution in [1.29, 1.82) is 0 Å². The van der Waals surface area contributed by atoms with Crippen LogP contribution in [0.4, 0.5) is 0 Å². The van der Waals surface area contributed by atoms with Gasteiger partial charge in [0.25, 0.3) is 0 Å². The van der Waals surface area contributed by atoms with Crippen LogP contribution in [-0.4, -0.2) is 25.5 Å². The van der Waals surface area contributed by atoms with Crippen molar-refractivity contribution >= 4 is 5.91 Å². The molecule has 1 aliphatic rings. The third kappa shape index (κ3) is 5.16. The van der Waals surface area contributed by atoms with Crippen LogP contribution in [0, 0.1) is 19.8 Å². The van der Waals surface area contributed by atoms with Gasteiger partial charge in [-0.2, -0.15) is 0 Å². The minimum Gasteiger partial charge on any atom is -0.356 e. The Morgan fingerprint density at radius 1 is 1.24 bits per heavy atom. The standard InChI is InChI=1S/C18H28N2O/c1-14-4-3-5-15(2)17(14)10-13-20-18(21)7-6-16-8-11-19-12-9-16/h3-5,16,19H,6-13H2,1-2H3,(H,20,21). The third-order valence-corrected chi connectivity index (χ3v) is 4.58. The number of piperidine rings is 1. The lowest BCUT2D eigenvalue weighted by Crippen LogP contribution is -2.30. The van der Waals surface area contributed by atoms with Gasteiger partial charge in [-0.15, -0.1) is 0 Å². The van der Waals surface area contributed by atoms with E-state index in [4.69, 9.17) is 0 Å². The van der Waals surface area contributed by atoms with Crippen molar-refractivity contribution in [1.82, 2.24) is 10.6 Å². The first kappa shape index (κ1) is 16.0. The molecule has 1 saturated heterocycles. The predicted molar refractivity (Wildman–Crippen MR) is 87.5 cm³/mol. The second kappa shape index (κ2) is 8.18. The zero-order valence-corrected chi connectivity index (χ0v) is 13.4. The van der Waals surface area contributed by atoms with E-state index in [1.165, 1.54) is 29.5 Å². The van der Waals surface area contributed by atoms with Crippen molar-refractivity contribution in [3.63, 3.8) is 0 Å². The molecule has 0 aliphatic carbocycles. The van der Waals surface area contributed by atoms with E-state index in [1.54, 1.807) is 0 Å². The SMILES string of the molecule is Cc1cccc(C)c1CCNC(=O)CCC1CCNCC1. The Kier molecular flexibility index (Phi) is 6.24. The van der Waals surface area contributed by atoms with Crippen molar-refractivity contribution in [2.24, 2.45) is 5.92 Å². The molecule has 1 aliphatic heterocycles. The maximum atomic E-state index is 11.9. The molecule has 21 heavy (non-hydrogen) atoms. The summed E-state index contributed by atoms with van der Waals surface area (Å²) in [4.78, 5) is 11.9. The smallest absolute Gasteiger partial charge is 0.220 e. The molecule has 0 spiro atoms. The van der Waals surface area contributed by atoms with Gasteiger partial charge in [-0.05, 0) is 75.2 Å². The minimum absolute atomic E-state index is 0.208. The highest BCUT2D eigenvalue weighted by molar-refractivity contribution is 5.75. The number of hydrogen-bond donors (Lipinski definition) is 2. The van der Waals surface area contributed by atoms with Gasteiger partial charge in [0.05, 0.1) is 0 Å². The number of hydrogen-bond acceptors (Lipinski definition) is 2. The fourth-order valence-corrected chi connectivity index (χ4v) is 3.16. The van der Waals surface area contributed by atoms with Crippen LogP contribution in [-0.2, 0) is 11.2 Å². The van der Waals surface area contributed by atoms with E-state index in [-0.39, 0.29) is 5.91 Å². The summed E-state index contributed by atoms with van der Waals surface area (Å²) in [5.74, 6) is 0.940. The summed E-state index contributed by atoms with van der Waals surface area (Å²) >= 11 is 0. The molecular formula is C18H28N2O. The fraction of sp³-hybridized carbons (Fsp3) is 0.611. The third-order valence-electron chi connectivity index (χ3n) is 4.58. The van der Waals surface area contributed by atoms with Gasteiger partial charge in [0.1, 0.15) is 0 Å². The van der Waals surface area contributed by atoms with Crippen molar-refractivity contribution in [3.05, 3.63) is 34.9 Å². The number of carbonyl (C=O) groups excluding carboxylic acids is 1. The van der Waals surface area contributed by atoms with E-state index in [2.05, 4.69) is 42.7 Å². The second-order valence-electron chi connectivity index (χ2n) is 6.20. The van der Waals surface area contributed by atoms with Crippen LogP contribution in [0.25, 0.3) is 0 Å². The highest BCUT2D eigenvalue weighted by Crippen LogP contribution is 2.17. The first-order chi connectivity index (χ1) is 10.2. The van der Waals surface area contributed by atoms with Crippen LogP contribution in [0.3, 0.4) is 0 Å². The fourth-order valence-electron chi connectivity index (χ4n) is 3.16. The largest absolute Gasteiger partial charge is 0.356 e. The predicted octanol–water partition coefficient (Wildman–Crippen LogP) is 2.74. The molecule has 2 N–H and O–H groups in total. The highest BCUT2D eigenvalue weighted by Gasteiger charge is 2.14. The molecule has 2 rings (SSSR count). The maximum Gasteiger partial charge on any atom is 0.220 e. The Hall–Kier alpha value is -1.35. The topological polar surface area (TPSA) is 41.1 Å². The van der Waals surface area contributed by atoms with Gasteiger partial charge in [0, 0.05) is 13.0 Å². The van der Waals surface area contributed by atoms with Crippen LogP contribution >= 0.6 is 0 Å². The molecule has 0 bridgehead atoms. The molecule has 0 saturated carbocycles. The molecule has 1 amide bonds. The Bertz CT molecular complexity index is 444. The average molecular weight is 288 g/mol. The maximum absolute atomic E-state index is 11.9. The van der Waals surface area contributed by atoms with Gasteiger partial charge >= 0.3 is 0 Å². The summed E-state index contributed by atoms with van der Waals surface area (Å²) in [5.41, 5.74) is 4.01. The Balaban J connectivity index is 1.67. The zero-order chi connectivity index (χ0) is 15.1. The van der Waals surface area contributed by atoms with Gasteiger partial charge in [0.2, 0.25) is 5.91 Å². The summed E-state index contributed by atoms with van der Waals surface area (Å²) in [5, 5.41) is 6.44. The van der Waals surface area contributed by atoms with E-state index >= 15 is 0 Å². The molecule has 0 aromatic heterocycles. The summed E-state index contributed by atoms with van der Waals surface area (Å²) in [6, 6.07) is 6.37. The van der Waals surface area contributed by atoms with Gasteiger partial charge in [-0.1, -0.05) is 18.2 Å². The molecule has 0 radical (unpaired) electrons. The molecule has 0 unspecified atom stereocenters. The summed E-state index contributed by atoms with van der Waals surface area (Å²) < 4.78 is 0. The molecule has 116 valence electrons. The first-order valence-electron chi connectivity index (χ1n) is 8.19. The molecule has 3 heteroatoms. The van der Waals surface area contributed by atoms with Crippen LogP contribution in [0.1, 0.15) is 42.4 Å². The molecule has 1 aromatic rings. The highest BCUT2D eigenvalue weighted by atomic mass is 16.1. The lowest BCUT2D eigenvalue weighted by molar-refractivity contribution is -0.121. The zero-order valence-electron chi connectivity index (χ0n) is 13.4. The Labute approximate surface area is 128 Å². The second-order valence-corrected chi connectivity index (χ2v) is 6.20. The van der Waals surface area contributed by atoms with Gasteiger partial charge in [-0.3, -0.25) is 4.79 Å². The number of carbonyl (C=O) groups is 1. The van der Waals surface area contributed by atoms with E-state index in [0.717, 1.165) is 38.4 Å². The number of amides is 1. The molecule has 1 fully saturated rings. The Morgan fingerprint density at radius 3 is 2.57 bits per heavy atom. The monoisotopic (exact) mass is 288 g/mol. The van der Waals surface area contributed by atoms with E-state index in [1.807, 2.05) is 0 Å². The van der Waals surface area contributed by atoms with Crippen molar-refractivity contribution in [2.75, 3.05) is 19.6 Å². The number of aryl methyl sites for hydroxylation is 2. The van der Waals surface area contributed by atoms with Gasteiger partial charge < -0.3 is 10.6 Å². The molecular weight excluding hydrogens is 260 g/mol. The van der Waals surface area contributed by atoms with E-state index in [0.29, 0.717) is 6.42 Å². The van der Waals surface area contributed by atoms with Gasteiger partial charge in [0.15, 0.2) is 0 Å². The summed E-state index contributed by atoms with van der Waals surface area (Å²) in [7, 11) is 0. The summed E-state index contributed by atoms with van der Waals surface area (Å²) in [6.45, 7) is 7.25. The first-order valence-corrected chi connectivity index (χ1v) is 8.19. The quantitative estimate of drug-likeness (QED) is 0.845. The summed E-state index contributed by atoms with van der Waals surface area (Å²) in [6.07, 6.45) is 5.08. The van der Waals surface area contributed by atoms with Gasteiger partial charge in [-0.25, -0.2) is 0 Å². The number of nitrogens with one attached hydrogen (secondary N) is 2. The van der Waals surface area contributed by atoms with Crippen molar-refractivity contribution in [2.45, 2.75) is 46.0 Å². The van der Waals surface area contributed by atoms with Crippen LogP contribution in [0.15, 0.2) is 18.2 Å². The minimum atomic E-state index is 0.208. The normalized spacial score (nSPS) is 15.9. The van der Waals surface area contributed by atoms with E-state index in [9.17, 15) is 4.79 Å². The molecule has 1 aromatic carbocycles. The van der Waals surface area contributed by atoms with Crippen molar-refractivity contribution < 1.29 is 4.79 Å². The lowest BCUT2D eigenvalue weighted by atomic mass is 9.93. The number of rotatable bonds is 6. The molecule has 1 heterocycles. The average Bonchev–Trinajstić information content (AvgIpc) is 2.49. The van der Waals surface area contributed by atoms with Crippen LogP contribution in [0.5, 0.6) is 0 Å². The molecule has 3 nitrogen and oxygen atoms in total. The number of benzene rings is 1. The van der Waals surface area contributed by atoms with Crippen molar-refractivity contribution in [3.8, 4) is 0 Å². The van der Waals surface area contributed by atoms with Crippen LogP contribution in [0.2, 0.25) is 0 Å². The lowest BCUT2D eigenvalue weighted by Gasteiger charge is -2.22. The molecule has 0 atom stereocenters. The van der Waals surface area contributed by atoms with E-state index < -0.39 is 0 Å². The van der Waals surface area contributed by atoms with Crippen LogP contribution < -0.4 is 10.6 Å².